The molecule has 0 atom stereocenters. The third kappa shape index (κ3) is 3.58. The molecule has 0 radical (unpaired) electrons. The van der Waals surface area contributed by atoms with Crippen molar-refractivity contribution in [1.29, 1.82) is 0 Å². The summed E-state index contributed by atoms with van der Waals surface area (Å²) >= 11 is 0. The zero-order chi connectivity index (χ0) is 13.7. The fourth-order valence-corrected chi connectivity index (χ4v) is 2.05. The van der Waals surface area contributed by atoms with Crippen molar-refractivity contribution in [1.82, 2.24) is 10.3 Å². The summed E-state index contributed by atoms with van der Waals surface area (Å²) < 4.78 is 5.61. The number of anilines is 1. The van der Waals surface area contributed by atoms with Crippen molar-refractivity contribution in [3.05, 3.63) is 47.5 Å². The van der Waals surface area contributed by atoms with Gasteiger partial charge in [-0.2, -0.15) is 0 Å². The Bertz CT molecular complexity index is 522. The van der Waals surface area contributed by atoms with Gasteiger partial charge in [0.05, 0.1) is 6.54 Å². The molecule has 0 aliphatic heterocycles. The molecule has 0 saturated heterocycles. The SMILES string of the molecule is CCNCc1cccnc1N(C)Cc1ccc(C)o1. The van der Waals surface area contributed by atoms with E-state index in [0.717, 1.165) is 37.0 Å². The van der Waals surface area contributed by atoms with Crippen molar-refractivity contribution in [2.24, 2.45) is 0 Å². The van der Waals surface area contributed by atoms with E-state index in [1.165, 1.54) is 5.56 Å². The van der Waals surface area contributed by atoms with Crippen LogP contribution in [0.4, 0.5) is 5.82 Å². The molecular formula is C15H21N3O. The van der Waals surface area contributed by atoms with Crippen LogP contribution in [-0.4, -0.2) is 18.6 Å². The van der Waals surface area contributed by atoms with Crippen LogP contribution in [0.3, 0.4) is 0 Å². The van der Waals surface area contributed by atoms with Crippen LogP contribution in [0.25, 0.3) is 0 Å². The summed E-state index contributed by atoms with van der Waals surface area (Å²) in [7, 11) is 2.04. The largest absolute Gasteiger partial charge is 0.464 e. The topological polar surface area (TPSA) is 41.3 Å². The third-order valence-electron chi connectivity index (χ3n) is 2.98. The van der Waals surface area contributed by atoms with Crippen molar-refractivity contribution >= 4 is 5.82 Å². The predicted octanol–water partition coefficient (Wildman–Crippen LogP) is 2.73. The zero-order valence-corrected chi connectivity index (χ0v) is 11.8. The summed E-state index contributed by atoms with van der Waals surface area (Å²) in [5, 5.41) is 3.34. The molecular weight excluding hydrogens is 238 g/mol. The molecule has 2 rings (SSSR count). The first-order valence-electron chi connectivity index (χ1n) is 6.61. The molecule has 0 aliphatic carbocycles. The molecule has 0 aromatic carbocycles. The van der Waals surface area contributed by atoms with Crippen LogP contribution in [0.1, 0.15) is 24.0 Å². The average molecular weight is 259 g/mol. The molecule has 102 valence electrons. The van der Waals surface area contributed by atoms with Gasteiger partial charge in [0.1, 0.15) is 17.3 Å². The first-order valence-corrected chi connectivity index (χ1v) is 6.61. The Morgan fingerprint density at radius 3 is 2.84 bits per heavy atom. The van der Waals surface area contributed by atoms with E-state index in [9.17, 15) is 0 Å². The van der Waals surface area contributed by atoms with Gasteiger partial charge in [-0.25, -0.2) is 4.98 Å². The molecule has 4 nitrogen and oxygen atoms in total. The summed E-state index contributed by atoms with van der Waals surface area (Å²) in [5.74, 6) is 2.90. The molecule has 2 heterocycles. The lowest BCUT2D eigenvalue weighted by molar-refractivity contribution is 0.481. The molecule has 0 aliphatic rings. The molecule has 19 heavy (non-hydrogen) atoms. The van der Waals surface area contributed by atoms with E-state index in [0.29, 0.717) is 0 Å². The number of rotatable bonds is 6. The van der Waals surface area contributed by atoms with E-state index >= 15 is 0 Å². The van der Waals surface area contributed by atoms with Crippen molar-refractivity contribution in [2.75, 3.05) is 18.5 Å². The van der Waals surface area contributed by atoms with Gasteiger partial charge in [-0.15, -0.1) is 0 Å². The molecule has 1 N–H and O–H groups in total. The number of hydrogen-bond acceptors (Lipinski definition) is 4. The molecule has 0 amide bonds. The molecule has 0 saturated carbocycles. The average Bonchev–Trinajstić information content (AvgIpc) is 2.82. The molecule has 0 unspecified atom stereocenters. The van der Waals surface area contributed by atoms with Gasteiger partial charge in [-0.3, -0.25) is 0 Å². The number of furan rings is 1. The number of hydrogen-bond donors (Lipinski definition) is 1. The molecule has 0 fully saturated rings. The lowest BCUT2D eigenvalue weighted by Gasteiger charge is -2.20. The first-order chi connectivity index (χ1) is 9.20. The van der Waals surface area contributed by atoms with Gasteiger partial charge < -0.3 is 14.6 Å². The predicted molar refractivity (Wildman–Crippen MR) is 77.2 cm³/mol. The van der Waals surface area contributed by atoms with Crippen LogP contribution in [0.15, 0.2) is 34.9 Å². The maximum absolute atomic E-state index is 5.61. The number of aromatic nitrogens is 1. The van der Waals surface area contributed by atoms with E-state index in [4.69, 9.17) is 4.42 Å². The second kappa shape index (κ2) is 6.38. The van der Waals surface area contributed by atoms with Gasteiger partial charge in [-0.05, 0) is 31.7 Å². The van der Waals surface area contributed by atoms with E-state index in [-0.39, 0.29) is 0 Å². The fourth-order valence-electron chi connectivity index (χ4n) is 2.05. The van der Waals surface area contributed by atoms with Crippen LogP contribution < -0.4 is 10.2 Å². The minimum atomic E-state index is 0.726. The van der Waals surface area contributed by atoms with Gasteiger partial charge in [0.15, 0.2) is 0 Å². The minimum absolute atomic E-state index is 0.726. The molecule has 4 heteroatoms. The first kappa shape index (κ1) is 13.6. The maximum atomic E-state index is 5.61. The summed E-state index contributed by atoms with van der Waals surface area (Å²) in [6, 6.07) is 8.08. The molecule has 0 spiro atoms. The Hall–Kier alpha value is -1.81. The third-order valence-corrected chi connectivity index (χ3v) is 2.98. The minimum Gasteiger partial charge on any atom is -0.464 e. The van der Waals surface area contributed by atoms with Gasteiger partial charge in [0.2, 0.25) is 0 Å². The Morgan fingerprint density at radius 2 is 2.16 bits per heavy atom. The smallest absolute Gasteiger partial charge is 0.133 e. The molecule has 0 bridgehead atoms. The Labute approximate surface area is 114 Å². The van der Waals surface area contributed by atoms with Gasteiger partial charge in [0, 0.05) is 25.4 Å². The number of aryl methyl sites for hydroxylation is 1. The summed E-state index contributed by atoms with van der Waals surface area (Å²) in [5.41, 5.74) is 1.20. The zero-order valence-electron chi connectivity index (χ0n) is 11.8. The summed E-state index contributed by atoms with van der Waals surface area (Å²) in [6.45, 7) is 6.58. The summed E-state index contributed by atoms with van der Waals surface area (Å²) in [4.78, 5) is 6.59. The lowest BCUT2D eigenvalue weighted by atomic mass is 10.2. The highest BCUT2D eigenvalue weighted by atomic mass is 16.3. The van der Waals surface area contributed by atoms with Crippen LogP contribution in [0.2, 0.25) is 0 Å². The van der Waals surface area contributed by atoms with E-state index < -0.39 is 0 Å². The van der Waals surface area contributed by atoms with E-state index in [1.807, 2.05) is 38.4 Å². The van der Waals surface area contributed by atoms with E-state index in [1.54, 1.807) is 0 Å². The van der Waals surface area contributed by atoms with Crippen molar-refractivity contribution in [3.63, 3.8) is 0 Å². The van der Waals surface area contributed by atoms with Crippen LogP contribution in [0, 0.1) is 6.92 Å². The number of pyridine rings is 1. The monoisotopic (exact) mass is 259 g/mol. The lowest BCUT2D eigenvalue weighted by Crippen LogP contribution is -2.21. The fraction of sp³-hybridized carbons (Fsp3) is 0.400. The molecule has 2 aromatic heterocycles. The van der Waals surface area contributed by atoms with E-state index in [2.05, 4.69) is 28.2 Å². The highest BCUT2D eigenvalue weighted by Crippen LogP contribution is 2.18. The van der Waals surface area contributed by atoms with Crippen LogP contribution >= 0.6 is 0 Å². The molecule has 2 aromatic rings. The Morgan fingerprint density at radius 1 is 1.32 bits per heavy atom. The van der Waals surface area contributed by atoms with Gasteiger partial charge >= 0.3 is 0 Å². The standard InChI is InChI=1S/C15H21N3O/c1-4-16-10-13-6-5-9-17-15(13)18(3)11-14-8-7-12(2)19-14/h5-9,16H,4,10-11H2,1-3H3. The second-order valence-corrected chi connectivity index (χ2v) is 4.63. The maximum Gasteiger partial charge on any atom is 0.133 e. The number of nitrogens with one attached hydrogen (secondary N) is 1. The summed E-state index contributed by atoms with van der Waals surface area (Å²) in [6.07, 6.45) is 1.83. The van der Waals surface area contributed by atoms with Crippen molar-refractivity contribution < 1.29 is 4.42 Å². The quantitative estimate of drug-likeness (QED) is 0.866. The van der Waals surface area contributed by atoms with Gasteiger partial charge in [0.25, 0.3) is 0 Å². The van der Waals surface area contributed by atoms with Crippen LogP contribution in [0.5, 0.6) is 0 Å². The van der Waals surface area contributed by atoms with Crippen molar-refractivity contribution in [3.8, 4) is 0 Å². The van der Waals surface area contributed by atoms with Gasteiger partial charge in [-0.1, -0.05) is 13.0 Å². The Balaban J connectivity index is 2.11. The van der Waals surface area contributed by atoms with Crippen molar-refractivity contribution in [2.45, 2.75) is 26.9 Å². The Kier molecular flexibility index (Phi) is 4.58. The highest BCUT2D eigenvalue weighted by Gasteiger charge is 2.10. The number of nitrogens with zero attached hydrogens (tertiary/aromatic N) is 2. The second-order valence-electron chi connectivity index (χ2n) is 4.63. The normalized spacial score (nSPS) is 10.7. The van der Waals surface area contributed by atoms with Crippen LogP contribution in [-0.2, 0) is 13.1 Å². The highest BCUT2D eigenvalue weighted by molar-refractivity contribution is 5.46.